The molecule has 260 valence electrons. The number of benzene rings is 2. The van der Waals surface area contributed by atoms with E-state index in [4.69, 9.17) is 28.4 Å². The monoisotopic (exact) mass is 674 g/mol. The Morgan fingerprint density at radius 2 is 1.64 bits per heavy atom. The third-order valence-corrected chi connectivity index (χ3v) is 9.76. The fourth-order valence-electron chi connectivity index (χ4n) is 5.87. The molecule has 0 saturated carbocycles. The second-order valence-corrected chi connectivity index (χ2v) is 14.3. The van der Waals surface area contributed by atoms with Crippen LogP contribution in [0.5, 0.6) is 11.5 Å². The van der Waals surface area contributed by atoms with Crippen LogP contribution in [0.15, 0.2) is 53.4 Å². The SMILES string of the molecule is CC(C)CN(C[C@@H](O)[C@H](Cc1ccccc1)NC(=O)O[C@H]1CCOC1)S(=O)c1ccc(OC2CCCCO2)c(OC2CCCCO2)c1. The Balaban J connectivity index is 1.34. The molecule has 3 heterocycles. The van der Waals surface area contributed by atoms with Crippen molar-refractivity contribution in [3.05, 3.63) is 54.1 Å². The molecule has 3 unspecified atom stereocenters. The summed E-state index contributed by atoms with van der Waals surface area (Å²) in [4.78, 5) is 13.4. The van der Waals surface area contributed by atoms with Crippen molar-refractivity contribution < 1.29 is 42.5 Å². The van der Waals surface area contributed by atoms with Gasteiger partial charge in [0.1, 0.15) is 17.1 Å². The Bertz CT molecular complexity index is 1260. The standard InChI is InChI=1S/C35H50N2O9S/c1-25(2)22-37(23-30(38)29(20-26-10-4-3-5-11-26)36-35(39)44-27-16-19-41-24-27)47(40)28-14-15-31(45-33-12-6-8-17-42-33)32(21-28)46-34-13-7-9-18-43-34/h3-5,10-11,14-15,21,25,27,29-30,33-34,38H,6-9,12-13,16-20,22-24H2,1-2H3,(H,36,39)/t27-,29-,30+,33?,34?,47?/m0/s1. The van der Waals surface area contributed by atoms with Gasteiger partial charge in [-0.2, -0.15) is 0 Å². The minimum atomic E-state index is -1.67. The van der Waals surface area contributed by atoms with E-state index in [1.807, 2.05) is 44.2 Å². The van der Waals surface area contributed by atoms with Gasteiger partial charge >= 0.3 is 6.09 Å². The quantitative estimate of drug-likeness (QED) is 0.270. The molecule has 3 aliphatic rings. The van der Waals surface area contributed by atoms with Crippen LogP contribution in [-0.2, 0) is 36.4 Å². The molecular formula is C35H50N2O9S. The number of nitrogens with one attached hydrogen (secondary N) is 1. The predicted molar refractivity (Wildman–Crippen MR) is 176 cm³/mol. The Morgan fingerprint density at radius 1 is 0.936 bits per heavy atom. The lowest BCUT2D eigenvalue weighted by Gasteiger charge is -2.31. The van der Waals surface area contributed by atoms with Gasteiger partial charge in [-0.3, -0.25) is 0 Å². The smallest absolute Gasteiger partial charge is 0.407 e. The van der Waals surface area contributed by atoms with Crippen molar-refractivity contribution in [1.29, 1.82) is 0 Å². The number of hydrogen-bond acceptors (Lipinski definition) is 9. The normalized spacial score (nSPS) is 23.6. The van der Waals surface area contributed by atoms with E-state index < -0.39 is 35.5 Å². The summed E-state index contributed by atoms with van der Waals surface area (Å²) < 4.78 is 51.0. The molecule has 0 spiro atoms. The molecular weight excluding hydrogens is 624 g/mol. The van der Waals surface area contributed by atoms with E-state index in [9.17, 15) is 14.1 Å². The van der Waals surface area contributed by atoms with E-state index in [1.54, 1.807) is 22.5 Å². The van der Waals surface area contributed by atoms with Crippen molar-refractivity contribution in [3.8, 4) is 11.5 Å². The number of ether oxygens (including phenoxy) is 6. The number of aliphatic hydroxyl groups is 1. The first kappa shape index (κ1) is 35.6. The summed E-state index contributed by atoms with van der Waals surface area (Å²) in [7, 11) is -1.67. The van der Waals surface area contributed by atoms with Gasteiger partial charge in [-0.25, -0.2) is 13.3 Å². The molecule has 0 bridgehead atoms. The maximum Gasteiger partial charge on any atom is 0.407 e. The van der Waals surface area contributed by atoms with E-state index in [1.165, 1.54) is 0 Å². The van der Waals surface area contributed by atoms with Gasteiger partial charge in [-0.1, -0.05) is 44.2 Å². The third-order valence-electron chi connectivity index (χ3n) is 8.33. The molecule has 0 aromatic heterocycles. The minimum absolute atomic E-state index is 0.0468. The highest BCUT2D eigenvalue weighted by atomic mass is 32.2. The van der Waals surface area contributed by atoms with Crippen molar-refractivity contribution in [2.75, 3.05) is 39.5 Å². The molecule has 3 aliphatic heterocycles. The van der Waals surface area contributed by atoms with Gasteiger partial charge in [0.2, 0.25) is 0 Å². The minimum Gasteiger partial charge on any atom is -0.461 e. The first-order valence-corrected chi connectivity index (χ1v) is 18.1. The highest BCUT2D eigenvalue weighted by molar-refractivity contribution is 7.82. The fraction of sp³-hybridized carbons (Fsp3) is 0.629. The third kappa shape index (κ3) is 11.2. The average molecular weight is 675 g/mol. The molecule has 2 aromatic carbocycles. The van der Waals surface area contributed by atoms with Crippen molar-refractivity contribution in [1.82, 2.24) is 9.62 Å². The molecule has 0 radical (unpaired) electrons. The summed E-state index contributed by atoms with van der Waals surface area (Å²) >= 11 is 0. The number of hydrogen-bond donors (Lipinski definition) is 2. The molecule has 2 N–H and O–H groups in total. The number of carbonyl (C=O) groups excluding carboxylic acids is 1. The number of nitrogens with zero attached hydrogens (tertiary/aromatic N) is 1. The van der Waals surface area contributed by atoms with Crippen molar-refractivity contribution in [3.63, 3.8) is 0 Å². The second-order valence-electron chi connectivity index (χ2n) is 12.8. The van der Waals surface area contributed by atoms with Crippen molar-refractivity contribution in [2.45, 2.75) is 101 Å². The number of rotatable bonds is 15. The lowest BCUT2D eigenvalue weighted by atomic mass is 10.0. The fourth-order valence-corrected chi connectivity index (χ4v) is 7.29. The van der Waals surface area contributed by atoms with Crippen LogP contribution < -0.4 is 14.8 Å². The summed E-state index contributed by atoms with van der Waals surface area (Å²) in [6.07, 6.45) is 3.79. The Hall–Kier alpha value is -2.74. The van der Waals surface area contributed by atoms with Gasteiger partial charge < -0.3 is 38.8 Å². The van der Waals surface area contributed by atoms with Crippen LogP contribution in [0, 0.1) is 5.92 Å². The van der Waals surface area contributed by atoms with Crippen LogP contribution in [0.4, 0.5) is 4.79 Å². The number of carbonyl (C=O) groups is 1. The molecule has 3 fully saturated rings. The summed E-state index contributed by atoms with van der Waals surface area (Å²) in [6, 6.07) is 14.2. The Morgan fingerprint density at radius 3 is 2.26 bits per heavy atom. The lowest BCUT2D eigenvalue weighted by molar-refractivity contribution is -0.119. The zero-order chi connectivity index (χ0) is 33.0. The molecule has 6 atom stereocenters. The van der Waals surface area contributed by atoms with Crippen LogP contribution in [0.25, 0.3) is 0 Å². The zero-order valence-electron chi connectivity index (χ0n) is 27.6. The highest BCUT2D eigenvalue weighted by Gasteiger charge is 2.30. The van der Waals surface area contributed by atoms with E-state index in [-0.39, 0.29) is 24.9 Å². The highest BCUT2D eigenvalue weighted by Crippen LogP contribution is 2.34. The van der Waals surface area contributed by atoms with Gasteiger partial charge in [0.25, 0.3) is 0 Å². The summed E-state index contributed by atoms with van der Waals surface area (Å²) in [5.74, 6) is 1.11. The predicted octanol–water partition coefficient (Wildman–Crippen LogP) is 4.97. The van der Waals surface area contributed by atoms with E-state index in [2.05, 4.69) is 5.32 Å². The van der Waals surface area contributed by atoms with Crippen LogP contribution in [0.2, 0.25) is 0 Å². The Labute approximate surface area is 280 Å². The van der Waals surface area contributed by atoms with Gasteiger partial charge in [0, 0.05) is 38.4 Å². The number of amides is 1. The molecule has 0 aliphatic carbocycles. The summed E-state index contributed by atoms with van der Waals surface area (Å²) in [5, 5.41) is 14.5. The summed E-state index contributed by atoms with van der Waals surface area (Å²) in [6.45, 7) is 6.74. The number of alkyl carbamates (subject to hydrolysis) is 1. The van der Waals surface area contributed by atoms with Gasteiger partial charge in [-0.05, 0) is 55.7 Å². The number of aliphatic hydroxyl groups excluding tert-OH is 1. The van der Waals surface area contributed by atoms with Crippen molar-refractivity contribution in [2.24, 2.45) is 5.92 Å². The first-order chi connectivity index (χ1) is 22.8. The van der Waals surface area contributed by atoms with Crippen LogP contribution in [0.1, 0.15) is 64.4 Å². The lowest BCUT2D eigenvalue weighted by Crippen LogP contribution is -2.50. The molecule has 11 nitrogen and oxygen atoms in total. The molecule has 12 heteroatoms. The average Bonchev–Trinajstić information content (AvgIpc) is 3.59. The maximum absolute atomic E-state index is 14.2. The Kier molecular flexibility index (Phi) is 13.7. The van der Waals surface area contributed by atoms with Crippen molar-refractivity contribution >= 4 is 17.1 Å². The van der Waals surface area contributed by atoms with Gasteiger partial charge in [0.05, 0.1) is 43.5 Å². The first-order valence-electron chi connectivity index (χ1n) is 17.0. The van der Waals surface area contributed by atoms with Crippen LogP contribution in [-0.4, -0.2) is 90.1 Å². The largest absolute Gasteiger partial charge is 0.461 e. The van der Waals surface area contributed by atoms with Gasteiger partial charge in [0.15, 0.2) is 24.1 Å². The van der Waals surface area contributed by atoms with Gasteiger partial charge in [-0.15, -0.1) is 0 Å². The zero-order valence-corrected chi connectivity index (χ0v) is 28.4. The second kappa shape index (κ2) is 18.1. The van der Waals surface area contributed by atoms with Crippen LogP contribution in [0.3, 0.4) is 0 Å². The van der Waals surface area contributed by atoms with Crippen LogP contribution >= 0.6 is 0 Å². The topological polar surface area (TPSA) is 125 Å². The van der Waals surface area contributed by atoms with E-state index in [0.717, 1.165) is 44.1 Å². The molecule has 3 saturated heterocycles. The van der Waals surface area contributed by atoms with E-state index >= 15 is 0 Å². The molecule has 1 amide bonds. The maximum atomic E-state index is 14.2. The van der Waals surface area contributed by atoms with E-state index in [0.29, 0.717) is 62.2 Å². The molecule has 5 rings (SSSR count). The molecule has 47 heavy (non-hydrogen) atoms. The summed E-state index contributed by atoms with van der Waals surface area (Å²) in [5.41, 5.74) is 0.946. The molecule has 2 aromatic rings.